The number of benzene rings is 2. The van der Waals surface area contributed by atoms with E-state index in [-0.39, 0.29) is 5.91 Å². The van der Waals surface area contributed by atoms with Gasteiger partial charge >= 0.3 is 0 Å². The summed E-state index contributed by atoms with van der Waals surface area (Å²) in [6, 6.07) is 14.0. The molecule has 3 N–H and O–H groups in total. The van der Waals surface area contributed by atoms with Crippen molar-refractivity contribution in [2.45, 2.75) is 19.8 Å². The Morgan fingerprint density at radius 1 is 1.10 bits per heavy atom. The third-order valence-corrected chi connectivity index (χ3v) is 6.57. The number of anilines is 2. The molecule has 2 heterocycles. The number of hydrogen-bond acceptors (Lipinski definition) is 6. The number of nitrogens with two attached hydrogens (primary N) is 1. The van der Waals surface area contributed by atoms with Crippen molar-refractivity contribution in [1.82, 2.24) is 14.6 Å². The van der Waals surface area contributed by atoms with Crippen LogP contribution in [0.2, 0.25) is 0 Å². The van der Waals surface area contributed by atoms with Crippen molar-refractivity contribution in [1.29, 1.82) is 0 Å². The van der Waals surface area contributed by atoms with Gasteiger partial charge in [-0.2, -0.15) is 4.37 Å². The Morgan fingerprint density at radius 2 is 1.90 bits per heavy atom. The van der Waals surface area contributed by atoms with Crippen LogP contribution in [0.15, 0.2) is 42.5 Å². The van der Waals surface area contributed by atoms with Crippen LogP contribution in [0.3, 0.4) is 0 Å². The molecule has 0 unspecified atom stereocenters. The van der Waals surface area contributed by atoms with E-state index in [9.17, 15) is 4.79 Å². The maximum absolute atomic E-state index is 12.4. The van der Waals surface area contributed by atoms with E-state index in [1.807, 2.05) is 19.1 Å². The Balaban J connectivity index is 1.17. The molecular weight excluding hydrogens is 394 g/mol. The van der Waals surface area contributed by atoms with Crippen molar-refractivity contribution in [3.05, 3.63) is 53.6 Å². The van der Waals surface area contributed by atoms with Crippen molar-refractivity contribution >= 4 is 39.0 Å². The first-order valence-corrected chi connectivity index (χ1v) is 11.4. The summed E-state index contributed by atoms with van der Waals surface area (Å²) in [4.78, 5) is 17.3. The molecule has 0 radical (unpaired) electrons. The topological polar surface area (TPSA) is 74.5 Å². The zero-order chi connectivity index (χ0) is 20.9. The van der Waals surface area contributed by atoms with Gasteiger partial charge < -0.3 is 16.0 Å². The van der Waals surface area contributed by atoms with Gasteiger partial charge in [-0.1, -0.05) is 24.3 Å². The summed E-state index contributed by atoms with van der Waals surface area (Å²) in [7, 11) is 0. The number of aromatic nitrogens is 1. The molecule has 3 aromatic rings. The van der Waals surface area contributed by atoms with E-state index in [1.54, 1.807) is 17.6 Å². The fourth-order valence-corrected chi connectivity index (χ4v) is 4.83. The minimum absolute atomic E-state index is 0.0743. The maximum atomic E-state index is 12.4. The quantitative estimate of drug-likeness (QED) is 0.449. The zero-order valence-electron chi connectivity index (χ0n) is 17.4. The van der Waals surface area contributed by atoms with Gasteiger partial charge in [0.1, 0.15) is 5.82 Å². The predicted molar refractivity (Wildman–Crippen MR) is 125 cm³/mol. The van der Waals surface area contributed by atoms with Gasteiger partial charge in [0.25, 0.3) is 5.91 Å². The van der Waals surface area contributed by atoms with Crippen LogP contribution in [0.4, 0.5) is 11.5 Å². The van der Waals surface area contributed by atoms with Crippen molar-refractivity contribution in [2.75, 3.05) is 49.9 Å². The number of nitrogens with zero attached hydrogens (tertiary/aromatic N) is 3. The minimum Gasteiger partial charge on any atom is -0.398 e. The van der Waals surface area contributed by atoms with E-state index >= 15 is 0 Å². The van der Waals surface area contributed by atoms with E-state index in [1.165, 1.54) is 10.1 Å². The van der Waals surface area contributed by atoms with Crippen LogP contribution < -0.4 is 16.0 Å². The first-order chi connectivity index (χ1) is 14.6. The second-order valence-corrected chi connectivity index (χ2v) is 8.64. The highest BCUT2D eigenvalue weighted by Crippen LogP contribution is 2.29. The number of unbranched alkanes of at least 4 members (excludes halogenated alkanes) is 1. The number of carbonyl (C=O) groups is 1. The molecule has 30 heavy (non-hydrogen) atoms. The van der Waals surface area contributed by atoms with Crippen molar-refractivity contribution in [2.24, 2.45) is 0 Å². The van der Waals surface area contributed by atoms with Gasteiger partial charge in [-0.25, -0.2) is 0 Å². The highest BCUT2D eigenvalue weighted by atomic mass is 32.1. The molecule has 0 saturated carbocycles. The van der Waals surface area contributed by atoms with Crippen LogP contribution in [-0.2, 0) is 0 Å². The molecule has 1 aliphatic rings. The predicted octanol–water partition coefficient (Wildman–Crippen LogP) is 3.52. The average Bonchev–Trinajstić information content (AvgIpc) is 3.18. The molecule has 158 valence electrons. The molecule has 6 nitrogen and oxygen atoms in total. The van der Waals surface area contributed by atoms with E-state index < -0.39 is 0 Å². The van der Waals surface area contributed by atoms with E-state index in [0.29, 0.717) is 17.8 Å². The Kier molecular flexibility index (Phi) is 6.50. The highest BCUT2D eigenvalue weighted by molar-refractivity contribution is 7.13. The molecule has 0 aliphatic carbocycles. The molecule has 2 aromatic carbocycles. The first-order valence-electron chi connectivity index (χ1n) is 10.6. The van der Waals surface area contributed by atoms with Crippen LogP contribution >= 0.6 is 11.5 Å². The molecule has 1 saturated heterocycles. The number of carbonyl (C=O) groups excluding carboxylic acids is 1. The molecule has 0 spiro atoms. The van der Waals surface area contributed by atoms with Crippen LogP contribution in [0.1, 0.15) is 28.8 Å². The molecule has 1 fully saturated rings. The van der Waals surface area contributed by atoms with Gasteiger partial charge in [0.2, 0.25) is 0 Å². The molecule has 0 atom stereocenters. The van der Waals surface area contributed by atoms with E-state index in [0.717, 1.165) is 56.9 Å². The molecule has 7 heteroatoms. The Bertz CT molecular complexity index is 990. The maximum Gasteiger partial charge on any atom is 0.253 e. The highest BCUT2D eigenvalue weighted by Gasteiger charge is 2.20. The summed E-state index contributed by atoms with van der Waals surface area (Å²) in [5.41, 5.74) is 8.01. The number of amides is 1. The number of aryl methyl sites for hydroxylation is 1. The molecule has 4 rings (SSSR count). The van der Waals surface area contributed by atoms with Crippen molar-refractivity contribution in [3.63, 3.8) is 0 Å². The number of rotatable bonds is 7. The lowest BCUT2D eigenvalue weighted by atomic mass is 10.1. The molecule has 1 aromatic heterocycles. The van der Waals surface area contributed by atoms with Crippen molar-refractivity contribution in [3.8, 4) is 0 Å². The van der Waals surface area contributed by atoms with Crippen LogP contribution in [0, 0.1) is 6.92 Å². The number of hydrogen-bond donors (Lipinski definition) is 2. The first kappa shape index (κ1) is 20.6. The Morgan fingerprint density at radius 3 is 2.70 bits per heavy atom. The lowest BCUT2D eigenvalue weighted by molar-refractivity contribution is 0.0953. The van der Waals surface area contributed by atoms with Crippen LogP contribution in [-0.4, -0.2) is 54.4 Å². The SMILES string of the molecule is Cc1cccc(N)c1C(=O)NCCCCN1CCN(c2nsc3ccccc23)CC1. The van der Waals surface area contributed by atoms with E-state index in [4.69, 9.17) is 5.73 Å². The molecule has 0 bridgehead atoms. The van der Waals surface area contributed by atoms with Gasteiger partial charge in [-0.05, 0) is 61.6 Å². The second-order valence-electron chi connectivity index (χ2n) is 7.83. The molecule has 1 amide bonds. The van der Waals surface area contributed by atoms with Gasteiger partial charge in [-0.3, -0.25) is 9.69 Å². The average molecular weight is 424 g/mol. The number of piperazine rings is 1. The lowest BCUT2D eigenvalue weighted by Gasteiger charge is -2.35. The summed E-state index contributed by atoms with van der Waals surface area (Å²) < 4.78 is 5.94. The van der Waals surface area contributed by atoms with Crippen LogP contribution in [0.5, 0.6) is 0 Å². The zero-order valence-corrected chi connectivity index (χ0v) is 18.3. The van der Waals surface area contributed by atoms with Gasteiger partial charge in [-0.15, -0.1) is 0 Å². The third kappa shape index (κ3) is 4.57. The summed E-state index contributed by atoms with van der Waals surface area (Å²) in [5, 5.41) is 4.27. The van der Waals surface area contributed by atoms with Gasteiger partial charge in [0.05, 0.1) is 10.3 Å². The molecular formula is C23H29N5OS. The summed E-state index contributed by atoms with van der Waals surface area (Å²) in [6.45, 7) is 7.79. The monoisotopic (exact) mass is 423 g/mol. The van der Waals surface area contributed by atoms with Gasteiger partial charge in [0, 0.05) is 43.8 Å². The smallest absolute Gasteiger partial charge is 0.253 e. The molecule has 1 aliphatic heterocycles. The third-order valence-electron chi connectivity index (χ3n) is 5.75. The largest absolute Gasteiger partial charge is 0.398 e. The fraction of sp³-hybridized carbons (Fsp3) is 0.391. The summed E-state index contributed by atoms with van der Waals surface area (Å²) in [6.07, 6.45) is 2.04. The minimum atomic E-state index is -0.0743. The summed E-state index contributed by atoms with van der Waals surface area (Å²) >= 11 is 1.58. The number of fused-ring (bicyclic) bond motifs is 1. The lowest BCUT2D eigenvalue weighted by Crippen LogP contribution is -2.46. The van der Waals surface area contributed by atoms with E-state index in [2.05, 4.69) is 43.8 Å². The second kappa shape index (κ2) is 9.45. The number of nitrogens with one attached hydrogen (secondary N) is 1. The normalized spacial score (nSPS) is 14.9. The standard InChI is InChI=1S/C23H29N5OS/c1-17-7-6-9-19(24)21(17)23(29)25-11-4-5-12-27-13-15-28(16-14-27)22-18-8-2-3-10-20(18)30-26-22/h2-3,6-10H,4-5,11-16,24H2,1H3,(H,25,29). The van der Waals surface area contributed by atoms with Crippen LogP contribution in [0.25, 0.3) is 10.1 Å². The van der Waals surface area contributed by atoms with Gasteiger partial charge in [0.15, 0.2) is 0 Å². The Hall–Kier alpha value is -2.64. The van der Waals surface area contributed by atoms with Crippen molar-refractivity contribution < 1.29 is 4.79 Å². The number of nitrogen functional groups attached to an aromatic ring is 1. The fourth-order valence-electron chi connectivity index (χ4n) is 4.04. The Labute approximate surface area is 181 Å². The summed E-state index contributed by atoms with van der Waals surface area (Å²) in [5.74, 6) is 1.06.